The maximum absolute atomic E-state index is 10.6. The Morgan fingerprint density at radius 3 is 2.87 bits per heavy atom. The molecule has 1 N–H and O–H groups in total. The van der Waals surface area contributed by atoms with E-state index < -0.39 is 5.97 Å². The molecular weight excluding hydrogens is 196 g/mol. The molecule has 0 aliphatic heterocycles. The normalized spacial score (nSPS) is 10.2. The average molecular weight is 204 g/mol. The first-order chi connectivity index (χ1) is 7.16. The van der Waals surface area contributed by atoms with Crippen LogP contribution in [-0.4, -0.2) is 30.8 Å². The smallest absolute Gasteiger partial charge is 0.375 e. The number of aromatic carboxylic acids is 1. The van der Waals surface area contributed by atoms with Crippen molar-refractivity contribution in [1.29, 1.82) is 0 Å². The van der Waals surface area contributed by atoms with Crippen molar-refractivity contribution in [2.45, 2.75) is 6.92 Å². The summed E-state index contributed by atoms with van der Waals surface area (Å²) in [5.74, 6) is -0.838. The van der Waals surface area contributed by atoms with Crippen molar-refractivity contribution in [3.8, 4) is 5.82 Å². The van der Waals surface area contributed by atoms with Gasteiger partial charge in [0.15, 0.2) is 5.82 Å². The predicted molar refractivity (Wildman–Crippen MR) is 50.9 cm³/mol. The van der Waals surface area contributed by atoms with E-state index in [4.69, 9.17) is 5.11 Å². The van der Waals surface area contributed by atoms with E-state index in [0.717, 1.165) is 5.69 Å². The highest BCUT2D eigenvalue weighted by molar-refractivity contribution is 5.82. The molecule has 0 bridgehead atoms. The topological polar surface area (TPSA) is 80.9 Å². The van der Waals surface area contributed by atoms with E-state index in [1.807, 2.05) is 19.1 Å². The van der Waals surface area contributed by atoms with Gasteiger partial charge in [0.2, 0.25) is 0 Å². The number of hydrogen-bond acceptors (Lipinski definition) is 4. The summed E-state index contributed by atoms with van der Waals surface area (Å²) in [6, 6.07) is 5.39. The number of nitrogens with zero attached hydrogens (tertiary/aromatic N) is 4. The first kappa shape index (κ1) is 9.32. The summed E-state index contributed by atoms with van der Waals surface area (Å²) < 4.78 is 1.33. The van der Waals surface area contributed by atoms with Gasteiger partial charge in [0, 0.05) is 5.69 Å². The molecule has 0 saturated carbocycles. The van der Waals surface area contributed by atoms with Crippen LogP contribution in [0.25, 0.3) is 5.82 Å². The number of aromatic nitrogens is 4. The predicted octanol–water partition coefficient (Wildman–Crippen LogP) is 0.669. The summed E-state index contributed by atoms with van der Waals surface area (Å²) in [4.78, 5) is 18.4. The van der Waals surface area contributed by atoms with E-state index in [0.29, 0.717) is 5.82 Å². The van der Waals surface area contributed by atoms with Crippen molar-refractivity contribution in [2.24, 2.45) is 0 Å². The van der Waals surface area contributed by atoms with Crippen LogP contribution >= 0.6 is 0 Å². The molecule has 2 aromatic heterocycles. The highest BCUT2D eigenvalue weighted by atomic mass is 16.4. The van der Waals surface area contributed by atoms with Gasteiger partial charge in [-0.25, -0.2) is 19.4 Å². The molecule has 2 heterocycles. The molecule has 6 nitrogen and oxygen atoms in total. The third-order valence-corrected chi connectivity index (χ3v) is 1.79. The Morgan fingerprint density at radius 2 is 2.27 bits per heavy atom. The number of aryl methyl sites for hydroxylation is 1. The lowest BCUT2D eigenvalue weighted by Crippen LogP contribution is -2.03. The molecule has 6 heteroatoms. The fourth-order valence-electron chi connectivity index (χ4n) is 1.13. The highest BCUT2D eigenvalue weighted by Gasteiger charge is 2.09. The molecule has 76 valence electrons. The summed E-state index contributed by atoms with van der Waals surface area (Å²) >= 11 is 0. The highest BCUT2D eigenvalue weighted by Crippen LogP contribution is 2.03. The lowest BCUT2D eigenvalue weighted by molar-refractivity contribution is 0.0683. The molecule has 2 rings (SSSR count). The maximum atomic E-state index is 10.6. The van der Waals surface area contributed by atoms with Crippen LogP contribution in [-0.2, 0) is 0 Å². The number of rotatable bonds is 2. The molecule has 15 heavy (non-hydrogen) atoms. The Kier molecular flexibility index (Phi) is 2.17. The molecule has 0 unspecified atom stereocenters. The molecule has 0 fully saturated rings. The van der Waals surface area contributed by atoms with Crippen molar-refractivity contribution < 1.29 is 9.90 Å². The average Bonchev–Trinajstić information content (AvgIpc) is 2.66. The van der Waals surface area contributed by atoms with Gasteiger partial charge < -0.3 is 5.11 Å². The second kappa shape index (κ2) is 3.49. The van der Waals surface area contributed by atoms with Crippen LogP contribution in [0.3, 0.4) is 0 Å². The van der Waals surface area contributed by atoms with Gasteiger partial charge in [-0.15, -0.1) is 5.10 Å². The fourth-order valence-corrected chi connectivity index (χ4v) is 1.13. The molecule has 0 aliphatic rings. The number of pyridine rings is 1. The van der Waals surface area contributed by atoms with Gasteiger partial charge in [0.05, 0.1) is 0 Å². The zero-order valence-electron chi connectivity index (χ0n) is 7.95. The largest absolute Gasteiger partial charge is 0.475 e. The molecule has 0 amide bonds. The molecule has 0 aliphatic carbocycles. The van der Waals surface area contributed by atoms with Crippen molar-refractivity contribution in [1.82, 2.24) is 19.7 Å². The zero-order valence-corrected chi connectivity index (χ0v) is 7.95. The first-order valence-electron chi connectivity index (χ1n) is 4.26. The Hall–Kier alpha value is -2.24. The van der Waals surface area contributed by atoms with E-state index in [9.17, 15) is 4.79 Å². The Balaban J connectivity index is 2.41. The second-order valence-corrected chi connectivity index (χ2v) is 2.96. The minimum Gasteiger partial charge on any atom is -0.475 e. The van der Waals surface area contributed by atoms with Crippen LogP contribution in [0.4, 0.5) is 0 Å². The molecule has 2 aromatic rings. The van der Waals surface area contributed by atoms with Crippen molar-refractivity contribution in [3.05, 3.63) is 36.0 Å². The maximum Gasteiger partial charge on any atom is 0.375 e. The van der Waals surface area contributed by atoms with E-state index in [2.05, 4.69) is 15.1 Å². The van der Waals surface area contributed by atoms with Crippen molar-refractivity contribution in [3.63, 3.8) is 0 Å². The standard InChI is InChI=1S/C9H8N4O2/c1-6-3-2-4-7(11-6)13-5-10-8(12-13)9(14)15/h2-5H,1H3,(H,14,15). The Labute approximate surface area is 85.2 Å². The van der Waals surface area contributed by atoms with E-state index in [1.165, 1.54) is 11.0 Å². The van der Waals surface area contributed by atoms with Crippen molar-refractivity contribution >= 4 is 5.97 Å². The number of carboxylic acid groups (broad SMARTS) is 1. The lowest BCUT2D eigenvalue weighted by Gasteiger charge is -1.98. The van der Waals surface area contributed by atoms with Crippen LogP contribution in [0.15, 0.2) is 24.5 Å². The third-order valence-electron chi connectivity index (χ3n) is 1.79. The van der Waals surface area contributed by atoms with Gasteiger partial charge in [-0.05, 0) is 19.1 Å². The first-order valence-corrected chi connectivity index (χ1v) is 4.26. The lowest BCUT2D eigenvalue weighted by atomic mass is 10.4. The number of hydrogen-bond donors (Lipinski definition) is 1. The summed E-state index contributed by atoms with van der Waals surface area (Å²) in [6.07, 6.45) is 1.32. The molecule has 0 aromatic carbocycles. The zero-order chi connectivity index (χ0) is 10.8. The van der Waals surface area contributed by atoms with E-state index in [1.54, 1.807) is 6.07 Å². The minimum absolute atomic E-state index is 0.238. The molecule has 0 saturated heterocycles. The van der Waals surface area contributed by atoms with E-state index >= 15 is 0 Å². The van der Waals surface area contributed by atoms with Gasteiger partial charge in [-0.1, -0.05) is 6.07 Å². The summed E-state index contributed by atoms with van der Waals surface area (Å²) in [5.41, 5.74) is 0.833. The molecule has 0 spiro atoms. The van der Waals surface area contributed by atoms with Crippen LogP contribution in [0.2, 0.25) is 0 Å². The van der Waals surface area contributed by atoms with Gasteiger partial charge >= 0.3 is 5.97 Å². The Morgan fingerprint density at radius 1 is 1.47 bits per heavy atom. The molecule has 0 radical (unpaired) electrons. The summed E-state index contributed by atoms with van der Waals surface area (Å²) in [5, 5.41) is 12.4. The quantitative estimate of drug-likeness (QED) is 0.777. The van der Waals surface area contributed by atoms with Gasteiger partial charge in [0.1, 0.15) is 6.33 Å². The molecule has 0 atom stereocenters. The van der Waals surface area contributed by atoms with E-state index in [-0.39, 0.29) is 5.82 Å². The van der Waals surface area contributed by atoms with Crippen LogP contribution < -0.4 is 0 Å². The fraction of sp³-hybridized carbons (Fsp3) is 0.111. The van der Waals surface area contributed by atoms with Gasteiger partial charge in [-0.3, -0.25) is 0 Å². The molecular formula is C9H8N4O2. The number of carbonyl (C=O) groups is 1. The minimum atomic E-state index is -1.15. The van der Waals surface area contributed by atoms with Crippen LogP contribution in [0.1, 0.15) is 16.3 Å². The second-order valence-electron chi connectivity index (χ2n) is 2.96. The van der Waals surface area contributed by atoms with Crippen LogP contribution in [0.5, 0.6) is 0 Å². The van der Waals surface area contributed by atoms with Gasteiger partial charge in [-0.2, -0.15) is 0 Å². The third kappa shape index (κ3) is 1.83. The van der Waals surface area contributed by atoms with Crippen molar-refractivity contribution in [2.75, 3.05) is 0 Å². The number of carboxylic acids is 1. The monoisotopic (exact) mass is 204 g/mol. The van der Waals surface area contributed by atoms with Crippen LogP contribution in [0, 0.1) is 6.92 Å². The summed E-state index contributed by atoms with van der Waals surface area (Å²) in [6.45, 7) is 1.85. The SMILES string of the molecule is Cc1cccc(-n2cnc(C(=O)O)n2)n1. The van der Waals surface area contributed by atoms with Gasteiger partial charge in [0.25, 0.3) is 5.82 Å². The Bertz CT molecular complexity index is 506. The summed E-state index contributed by atoms with van der Waals surface area (Å²) in [7, 11) is 0.